The topological polar surface area (TPSA) is 121 Å². The van der Waals surface area contributed by atoms with Gasteiger partial charge in [0.25, 0.3) is 0 Å². The Hall–Kier alpha value is -4.09. The van der Waals surface area contributed by atoms with Crippen LogP contribution in [0.5, 0.6) is 11.5 Å². The van der Waals surface area contributed by atoms with Crippen LogP contribution in [0.1, 0.15) is 53.4 Å². The maximum Gasteiger partial charge on any atom is 0.250 e. The third-order valence-electron chi connectivity index (χ3n) is 8.28. The Morgan fingerprint density at radius 2 is 1.26 bits per heavy atom. The minimum Gasteiger partial charge on any atom is -0.491 e. The van der Waals surface area contributed by atoms with E-state index in [1.807, 2.05) is 0 Å². The van der Waals surface area contributed by atoms with Crippen molar-refractivity contribution in [3.8, 4) is 17.6 Å². The van der Waals surface area contributed by atoms with Crippen LogP contribution in [0.15, 0.2) is 58.3 Å². The van der Waals surface area contributed by atoms with E-state index in [1.54, 1.807) is 61.8 Å². The average Bonchev–Trinajstić information content (AvgIpc) is 3.61. The van der Waals surface area contributed by atoms with E-state index < -0.39 is 32.9 Å². The first-order valence-corrected chi connectivity index (χ1v) is 15.9. The second kappa shape index (κ2) is 12.6. The Morgan fingerprint density at radius 3 is 1.63 bits per heavy atom. The fourth-order valence-corrected chi connectivity index (χ4v) is 6.69. The lowest BCUT2D eigenvalue weighted by molar-refractivity contribution is -0.132. The smallest absolute Gasteiger partial charge is 0.250 e. The van der Waals surface area contributed by atoms with Crippen LogP contribution in [0.3, 0.4) is 0 Å². The maximum absolute atomic E-state index is 13.3. The molecule has 2 saturated heterocycles. The summed E-state index contributed by atoms with van der Waals surface area (Å²) in [5.41, 5.74) is -1.66. The van der Waals surface area contributed by atoms with Gasteiger partial charge >= 0.3 is 0 Å². The highest BCUT2D eigenvalue weighted by molar-refractivity contribution is 7.91. The van der Waals surface area contributed by atoms with Gasteiger partial charge in [-0.3, -0.25) is 9.59 Å². The van der Waals surface area contributed by atoms with Crippen LogP contribution in [-0.2, 0) is 19.4 Å². The number of benzene rings is 2. The minimum absolute atomic E-state index is 0.00325. The molecule has 43 heavy (non-hydrogen) atoms. The van der Waals surface area contributed by atoms with Gasteiger partial charge in [0.2, 0.25) is 27.2 Å². The third kappa shape index (κ3) is 6.94. The summed E-state index contributed by atoms with van der Waals surface area (Å²) in [5, 5.41) is 9.67. The van der Waals surface area contributed by atoms with Gasteiger partial charge in [-0.1, -0.05) is 0 Å². The zero-order valence-electron chi connectivity index (χ0n) is 25.1. The molecule has 2 unspecified atom stereocenters. The molecule has 0 radical (unpaired) electrons. The molecule has 228 valence electrons. The lowest BCUT2D eigenvalue weighted by atomic mass is 9.85. The van der Waals surface area contributed by atoms with Crippen molar-refractivity contribution in [1.82, 2.24) is 9.80 Å². The number of hydrogen-bond donors (Lipinski definition) is 0. The quantitative estimate of drug-likeness (QED) is 0.326. The summed E-state index contributed by atoms with van der Waals surface area (Å²) in [6.45, 7) is 16.1. The molecular formula is C32H38N4O6S. The molecule has 2 aliphatic heterocycles. The van der Waals surface area contributed by atoms with Crippen molar-refractivity contribution in [2.45, 2.75) is 80.8 Å². The van der Waals surface area contributed by atoms with Crippen LogP contribution < -0.4 is 9.47 Å². The van der Waals surface area contributed by atoms with Crippen LogP contribution in [0.2, 0.25) is 0 Å². The van der Waals surface area contributed by atoms with Gasteiger partial charge < -0.3 is 24.1 Å². The first-order valence-electron chi connectivity index (χ1n) is 14.4. The van der Waals surface area contributed by atoms with Crippen LogP contribution in [0.4, 0.5) is 0 Å². The second-order valence-corrected chi connectivity index (χ2v) is 14.0. The summed E-state index contributed by atoms with van der Waals surface area (Å²) in [7, 11) is -3.83. The summed E-state index contributed by atoms with van der Waals surface area (Å²) < 4.78 is 38.5. The average molecular weight is 607 g/mol. The molecule has 0 spiro atoms. The molecule has 4 rings (SSSR count). The van der Waals surface area contributed by atoms with Crippen molar-refractivity contribution in [2.24, 2.45) is 5.41 Å². The SMILES string of the molecule is [C-]#[N+]C(C)(C)C(COc1ccc(S(=O)(=O)c2ccc(OCC(N3CCCC3=O)C(C)(C)C#N)cc2)cc1)N1CCCC1=O. The van der Waals surface area contributed by atoms with Gasteiger partial charge in [0, 0.05) is 39.8 Å². The van der Waals surface area contributed by atoms with Crippen molar-refractivity contribution in [3.05, 3.63) is 59.9 Å². The normalized spacial score (nSPS) is 17.3. The van der Waals surface area contributed by atoms with Gasteiger partial charge in [-0.25, -0.2) is 15.0 Å². The number of ether oxygens (including phenoxy) is 2. The standard InChI is InChI=1S/C32H38N4O6S/c1-31(2,22-33)27(35-18-6-8-29(35)37)20-41-23-10-14-25(15-11-23)43(39,40)26-16-12-24(13-17-26)42-21-28(32(3,4)34-5)36-19-7-9-30(36)38/h10-17,27-28H,6-9,18-21H2,1-4H3. The molecule has 2 heterocycles. The van der Waals surface area contributed by atoms with E-state index in [2.05, 4.69) is 10.9 Å². The number of nitriles is 1. The fraction of sp³-hybridized carbons (Fsp3) is 0.500. The molecular weight excluding hydrogens is 568 g/mol. The zero-order valence-corrected chi connectivity index (χ0v) is 25.9. The van der Waals surface area contributed by atoms with Gasteiger partial charge in [-0.05, 0) is 75.2 Å². The molecule has 2 fully saturated rings. The lowest BCUT2D eigenvalue weighted by Gasteiger charge is -2.35. The third-order valence-corrected chi connectivity index (χ3v) is 10.1. The Morgan fingerprint density at radius 1 is 0.837 bits per heavy atom. The van der Waals surface area contributed by atoms with Gasteiger partial charge in [0.15, 0.2) is 0 Å². The Bertz CT molecular complexity index is 1410. The number of carbonyl (C=O) groups excluding carboxylic acids is 2. The highest BCUT2D eigenvalue weighted by Gasteiger charge is 2.44. The van der Waals surface area contributed by atoms with E-state index in [0.717, 1.165) is 12.8 Å². The molecule has 10 nitrogen and oxygen atoms in total. The number of sulfone groups is 1. The molecule has 2 aromatic rings. The number of likely N-dealkylation sites (tertiary alicyclic amines) is 2. The molecule has 2 aromatic carbocycles. The predicted molar refractivity (Wildman–Crippen MR) is 159 cm³/mol. The largest absolute Gasteiger partial charge is 0.491 e. The molecule has 0 N–H and O–H groups in total. The Balaban J connectivity index is 1.41. The first kappa shape index (κ1) is 31.8. The van der Waals surface area contributed by atoms with E-state index in [4.69, 9.17) is 16.0 Å². The number of amides is 2. The maximum atomic E-state index is 13.3. The summed E-state index contributed by atoms with van der Waals surface area (Å²) in [5.74, 6) is 0.882. The number of nitrogens with zero attached hydrogens (tertiary/aromatic N) is 4. The van der Waals surface area contributed by atoms with Gasteiger partial charge in [0.1, 0.15) is 30.8 Å². The van der Waals surface area contributed by atoms with Gasteiger partial charge in [0.05, 0.1) is 27.3 Å². The fourth-order valence-electron chi connectivity index (χ4n) is 5.43. The Kier molecular flexibility index (Phi) is 9.36. The number of carbonyl (C=O) groups is 2. The van der Waals surface area contributed by atoms with E-state index >= 15 is 0 Å². The number of rotatable bonds is 12. The van der Waals surface area contributed by atoms with Crippen molar-refractivity contribution in [1.29, 1.82) is 5.26 Å². The van der Waals surface area contributed by atoms with E-state index in [9.17, 15) is 23.3 Å². The summed E-state index contributed by atoms with van der Waals surface area (Å²) in [4.78, 5) is 32.0. The Labute approximate surface area is 253 Å². The number of hydrogen-bond acceptors (Lipinski definition) is 7. The summed E-state index contributed by atoms with van der Waals surface area (Å²) >= 11 is 0. The monoisotopic (exact) mass is 606 g/mol. The first-order chi connectivity index (χ1) is 20.3. The summed E-state index contributed by atoms with van der Waals surface area (Å²) in [6.07, 6.45) is 2.42. The second-order valence-electron chi connectivity index (χ2n) is 12.1. The van der Waals surface area contributed by atoms with E-state index in [0.29, 0.717) is 37.4 Å². The van der Waals surface area contributed by atoms with Crippen LogP contribution in [-0.4, -0.2) is 74.0 Å². The van der Waals surface area contributed by atoms with Crippen LogP contribution in [0.25, 0.3) is 4.85 Å². The van der Waals surface area contributed by atoms with Crippen molar-refractivity contribution in [3.63, 3.8) is 0 Å². The molecule has 0 bridgehead atoms. The van der Waals surface area contributed by atoms with Crippen molar-refractivity contribution >= 4 is 21.7 Å². The molecule has 2 atom stereocenters. The van der Waals surface area contributed by atoms with Crippen LogP contribution >= 0.6 is 0 Å². The predicted octanol–water partition coefficient (Wildman–Crippen LogP) is 4.51. The van der Waals surface area contributed by atoms with Gasteiger partial charge in [-0.2, -0.15) is 5.26 Å². The molecule has 11 heteroatoms. The van der Waals surface area contributed by atoms with E-state index in [1.165, 1.54) is 24.3 Å². The van der Waals surface area contributed by atoms with E-state index in [-0.39, 0.29) is 34.8 Å². The molecule has 0 aliphatic carbocycles. The molecule has 2 aliphatic rings. The van der Waals surface area contributed by atoms with Crippen LogP contribution in [0, 0.1) is 23.3 Å². The van der Waals surface area contributed by atoms with Crippen molar-refractivity contribution < 1.29 is 27.5 Å². The summed E-state index contributed by atoms with van der Waals surface area (Å²) in [6, 6.07) is 13.5. The minimum atomic E-state index is -3.83. The van der Waals surface area contributed by atoms with Gasteiger partial charge in [-0.15, -0.1) is 0 Å². The molecule has 0 aromatic heterocycles. The van der Waals surface area contributed by atoms with Crippen molar-refractivity contribution in [2.75, 3.05) is 26.3 Å². The lowest BCUT2D eigenvalue weighted by Crippen LogP contribution is -2.51. The highest BCUT2D eigenvalue weighted by Crippen LogP contribution is 2.31. The molecule has 2 amide bonds. The molecule has 0 saturated carbocycles. The highest BCUT2D eigenvalue weighted by atomic mass is 32.2. The zero-order chi connectivity index (χ0) is 31.4.